The molecule has 0 amide bonds. The monoisotopic (exact) mass is 582 g/mol. The van der Waals surface area contributed by atoms with E-state index in [0.29, 0.717) is 24.0 Å². The van der Waals surface area contributed by atoms with Crippen molar-refractivity contribution in [3.05, 3.63) is 57.6 Å². The smallest absolute Gasteiger partial charge is 0.263 e. The summed E-state index contributed by atoms with van der Waals surface area (Å²) in [6.45, 7) is 35.4. The van der Waals surface area contributed by atoms with Crippen molar-refractivity contribution in [2.45, 2.75) is 132 Å². The van der Waals surface area contributed by atoms with E-state index in [4.69, 9.17) is 13.6 Å². The minimum Gasteiger partial charge on any atom is -0.413 e. The van der Waals surface area contributed by atoms with Gasteiger partial charge in [-0.15, -0.1) is 0 Å². The zero-order chi connectivity index (χ0) is 30.4. The molecule has 0 N–H and O–H groups in total. The zero-order valence-corrected chi connectivity index (χ0v) is 30.3. The van der Waals surface area contributed by atoms with Gasteiger partial charge in [-0.3, -0.25) is 0 Å². The molecule has 1 fully saturated rings. The van der Waals surface area contributed by atoms with Crippen LogP contribution in [0.2, 0.25) is 23.7 Å². The van der Waals surface area contributed by atoms with Crippen LogP contribution in [0.1, 0.15) is 88.3 Å². The predicted octanol–water partition coefficient (Wildman–Crippen LogP) is 8.43. The highest BCUT2D eigenvalue weighted by molar-refractivity contribution is 7.00. The highest BCUT2D eigenvalue weighted by atomic mass is 28.4. The Hall–Kier alpha value is -1.25. The summed E-state index contributed by atoms with van der Waals surface area (Å²) in [7, 11) is -4.82. The summed E-state index contributed by atoms with van der Waals surface area (Å²) in [5.41, 5.74) is 8.35. The van der Waals surface area contributed by atoms with E-state index in [1.54, 1.807) is 0 Å². The molecule has 1 aliphatic rings. The van der Waals surface area contributed by atoms with Crippen molar-refractivity contribution in [1.29, 1.82) is 0 Å². The van der Waals surface area contributed by atoms with Gasteiger partial charge in [-0.1, -0.05) is 76.9 Å². The lowest BCUT2D eigenvalue weighted by Gasteiger charge is -2.46. The fourth-order valence-electron chi connectivity index (χ4n) is 7.33. The van der Waals surface area contributed by atoms with Gasteiger partial charge in [0.15, 0.2) is 8.32 Å². The molecule has 0 aliphatic carbocycles. The first-order chi connectivity index (χ1) is 18.4. The van der Waals surface area contributed by atoms with Crippen LogP contribution < -0.4 is 10.4 Å². The molecule has 0 saturated carbocycles. The summed E-state index contributed by atoms with van der Waals surface area (Å²) >= 11 is 0. The number of hydrogen-bond acceptors (Lipinski definition) is 3. The van der Waals surface area contributed by atoms with Crippen molar-refractivity contribution in [2.75, 3.05) is 6.61 Å². The van der Waals surface area contributed by atoms with Crippen LogP contribution in [0.4, 0.5) is 0 Å². The first-order valence-corrected chi connectivity index (χ1v) is 20.4. The van der Waals surface area contributed by atoms with E-state index >= 15 is 0 Å². The third kappa shape index (κ3) is 6.24. The van der Waals surface area contributed by atoms with Crippen LogP contribution >= 0.6 is 0 Å². The molecule has 2 aromatic carbocycles. The molecule has 2 unspecified atom stereocenters. The van der Waals surface area contributed by atoms with Gasteiger partial charge in [-0.05, 0) is 117 Å². The lowest BCUT2D eigenvalue weighted by atomic mass is 9.90. The molecule has 1 aliphatic heterocycles. The topological polar surface area (TPSA) is 27.7 Å². The molecule has 3 nitrogen and oxygen atoms in total. The molecule has 0 aromatic heterocycles. The molecule has 40 heavy (non-hydrogen) atoms. The summed E-state index contributed by atoms with van der Waals surface area (Å²) in [6, 6.07) is 9.45. The van der Waals surface area contributed by atoms with Crippen molar-refractivity contribution < 1.29 is 13.6 Å². The molecule has 4 atom stereocenters. The second-order valence-corrected chi connectivity index (χ2v) is 22.8. The Kier molecular flexibility index (Phi) is 10.1. The van der Waals surface area contributed by atoms with Gasteiger partial charge in [-0.25, -0.2) is 0 Å². The maximum atomic E-state index is 7.50. The van der Waals surface area contributed by atoms with Crippen LogP contribution in [-0.4, -0.2) is 35.6 Å². The van der Waals surface area contributed by atoms with E-state index in [2.05, 4.69) is 127 Å². The first-order valence-electron chi connectivity index (χ1n) is 15.5. The molecule has 0 radical (unpaired) electrons. The Bertz CT molecular complexity index is 1090. The molecule has 5 heteroatoms. The molecule has 2 aromatic rings. The van der Waals surface area contributed by atoms with Crippen molar-refractivity contribution in [3.63, 3.8) is 0 Å². The van der Waals surface area contributed by atoms with Gasteiger partial charge in [0.25, 0.3) is 8.32 Å². The van der Waals surface area contributed by atoms with Crippen LogP contribution in [0.25, 0.3) is 0 Å². The summed E-state index contributed by atoms with van der Waals surface area (Å²) in [5, 5.41) is 3.05. The van der Waals surface area contributed by atoms with E-state index in [9.17, 15) is 0 Å². The van der Waals surface area contributed by atoms with E-state index in [-0.39, 0.29) is 17.4 Å². The summed E-state index contributed by atoms with van der Waals surface area (Å²) in [6.07, 6.45) is 0.856. The van der Waals surface area contributed by atoms with Crippen molar-refractivity contribution in [1.82, 2.24) is 0 Å². The largest absolute Gasteiger partial charge is 0.413 e. The number of ether oxygens (including phenoxy) is 1. The van der Waals surface area contributed by atoms with E-state index in [1.165, 1.54) is 43.8 Å². The highest BCUT2D eigenvalue weighted by Crippen LogP contribution is 2.49. The molecule has 3 rings (SSSR count). The average Bonchev–Trinajstić information content (AvgIpc) is 3.14. The minimum absolute atomic E-state index is 0.152. The van der Waals surface area contributed by atoms with Gasteiger partial charge in [-0.2, -0.15) is 0 Å². The van der Waals surface area contributed by atoms with Crippen LogP contribution in [0.3, 0.4) is 0 Å². The third-order valence-corrected chi connectivity index (χ3v) is 19.8. The Labute approximate surface area is 248 Å². The number of hydrogen-bond donors (Lipinski definition) is 0. The van der Waals surface area contributed by atoms with Gasteiger partial charge in [0.1, 0.15) is 6.29 Å². The summed E-state index contributed by atoms with van der Waals surface area (Å²) < 4.78 is 21.2. The van der Waals surface area contributed by atoms with Crippen LogP contribution in [-0.2, 0) is 13.6 Å². The average molecular weight is 583 g/mol. The SMILES string of the molecule is CCOC1CC([C@@H](C)[C@H](O[Si](C)(C)C(C)(C)C)C(C)C)[Si](c2c(C)cc(C)cc2C)(c2c(C)cc(C)cc2C)O1. The summed E-state index contributed by atoms with van der Waals surface area (Å²) in [5.74, 6) is 0.717. The van der Waals surface area contributed by atoms with Crippen LogP contribution in [0.15, 0.2) is 24.3 Å². The van der Waals surface area contributed by atoms with Gasteiger partial charge in [0, 0.05) is 19.1 Å². The second kappa shape index (κ2) is 12.2. The van der Waals surface area contributed by atoms with Crippen molar-refractivity contribution in [3.8, 4) is 0 Å². The van der Waals surface area contributed by atoms with E-state index in [1.807, 2.05) is 0 Å². The molecule has 0 spiro atoms. The lowest BCUT2D eigenvalue weighted by molar-refractivity contribution is -0.0677. The Morgan fingerprint density at radius 2 is 1.27 bits per heavy atom. The number of rotatable bonds is 9. The van der Waals surface area contributed by atoms with Crippen molar-refractivity contribution >= 4 is 27.0 Å². The van der Waals surface area contributed by atoms with E-state index in [0.717, 1.165) is 6.42 Å². The Balaban J connectivity index is 2.38. The fraction of sp³-hybridized carbons (Fsp3) is 0.657. The molecule has 224 valence electrons. The maximum absolute atomic E-state index is 7.50. The quantitative estimate of drug-likeness (QED) is 0.278. The number of benzene rings is 2. The van der Waals surface area contributed by atoms with Gasteiger partial charge < -0.3 is 13.6 Å². The predicted molar refractivity (Wildman–Crippen MR) is 177 cm³/mol. The summed E-state index contributed by atoms with van der Waals surface area (Å²) in [4.78, 5) is 0. The van der Waals surface area contributed by atoms with Gasteiger partial charge in [0.2, 0.25) is 0 Å². The zero-order valence-electron chi connectivity index (χ0n) is 28.3. The first kappa shape index (κ1) is 33.3. The minimum atomic E-state index is -2.82. The number of aryl methyl sites for hydroxylation is 6. The lowest BCUT2D eigenvalue weighted by Crippen LogP contribution is -2.66. The molecular weight excluding hydrogens is 525 g/mol. The standard InChI is InChI=1S/C35H58O3Si2/c1-16-36-31-21-30(29(10)32(22(2)3)38-39(14,15)35(11,12)13)40(37-31,33-25(6)17-23(4)18-26(33)7)34-27(8)19-24(5)20-28(34)9/h17-20,22,29-32H,16,21H2,1-15H3/t29-,30?,31?,32-/m1/s1. The third-order valence-electron chi connectivity index (χ3n) is 9.78. The maximum Gasteiger partial charge on any atom is 0.263 e. The van der Waals surface area contributed by atoms with Crippen LogP contribution in [0, 0.1) is 53.4 Å². The fourth-order valence-corrected chi connectivity index (χ4v) is 14.9. The van der Waals surface area contributed by atoms with Gasteiger partial charge >= 0.3 is 0 Å². The van der Waals surface area contributed by atoms with Crippen LogP contribution in [0.5, 0.6) is 0 Å². The molecule has 1 saturated heterocycles. The molecule has 0 bridgehead atoms. The second-order valence-electron chi connectivity index (χ2n) is 14.6. The van der Waals surface area contributed by atoms with E-state index < -0.39 is 16.6 Å². The highest BCUT2D eigenvalue weighted by Gasteiger charge is 2.60. The molecular formula is C35H58O3Si2. The molecule has 1 heterocycles. The normalized spacial score (nSPS) is 21.2. The Morgan fingerprint density at radius 3 is 1.62 bits per heavy atom. The van der Waals surface area contributed by atoms with Gasteiger partial charge in [0.05, 0.1) is 0 Å². The Morgan fingerprint density at radius 1 is 0.850 bits per heavy atom. The van der Waals surface area contributed by atoms with Crippen molar-refractivity contribution in [2.24, 2.45) is 11.8 Å².